The number of piperidine rings is 1. The molecule has 15 heteroatoms. The van der Waals surface area contributed by atoms with Crippen molar-refractivity contribution in [1.82, 2.24) is 19.6 Å². The summed E-state index contributed by atoms with van der Waals surface area (Å²) in [4.78, 5) is 37.6. The number of pyridine rings is 1. The van der Waals surface area contributed by atoms with Gasteiger partial charge in [0.05, 0.1) is 34.0 Å². The van der Waals surface area contributed by atoms with Gasteiger partial charge in [0.1, 0.15) is 40.0 Å². The lowest BCUT2D eigenvalue weighted by molar-refractivity contribution is -0.384. The number of halogens is 1. The van der Waals surface area contributed by atoms with Crippen LogP contribution in [-0.4, -0.2) is 73.2 Å². The molecular formula is C46H52FN7O6S. The van der Waals surface area contributed by atoms with Crippen LogP contribution in [0, 0.1) is 27.3 Å². The first-order chi connectivity index (χ1) is 29.4. The van der Waals surface area contributed by atoms with Crippen molar-refractivity contribution in [2.24, 2.45) is 11.3 Å². The predicted molar refractivity (Wildman–Crippen MR) is 233 cm³/mol. The minimum atomic E-state index is -2.24. The Labute approximate surface area is 357 Å². The highest BCUT2D eigenvalue weighted by atomic mass is 32.2. The summed E-state index contributed by atoms with van der Waals surface area (Å²) >= 11 is -2.24. The lowest BCUT2D eigenvalue weighted by Crippen LogP contribution is -2.55. The number of hydrogen-bond donors (Lipinski definition) is 4. The third-order valence-corrected chi connectivity index (χ3v) is 14.7. The van der Waals surface area contributed by atoms with E-state index in [4.69, 9.17) is 4.74 Å². The molecule has 3 aromatic carbocycles. The number of aromatic amines is 1. The lowest BCUT2D eigenvalue weighted by Gasteiger charge is -2.56. The Kier molecular flexibility index (Phi) is 11.4. The average molecular weight is 850 g/mol. The first-order valence-electron chi connectivity index (χ1n) is 21.4. The molecule has 13 nitrogen and oxygen atoms in total. The number of ether oxygens (including phenoxy) is 1. The summed E-state index contributed by atoms with van der Waals surface area (Å²) in [7, 11) is 0. The first kappa shape index (κ1) is 41.1. The smallest absolute Gasteiger partial charge is 0.297 e. The quantitative estimate of drug-likeness (QED) is 0.0540. The standard InChI is InChI=1S/C46H52FN7O6S/c1-45(56)14-11-30(12-15-45)28-49-38-10-9-35(23-41(38)54(57)58)61(59)51-44(55)36-24-37(47)40(25-42(36)60-34-22-32-13-18-48-43(32)50-29-34)52-20-16-46(17-21-52)26-33(27-46)53-19-5-8-39(53)31-6-3-2-4-7-31/h2-4,6-7,9-10,13,18,22-25,29-30,33,39,49,56H,5,8,11-12,14-17,19-21,26-28H2,1H3,(H,48,50)(H,51,55)/t30-,39?,45-,61?. The summed E-state index contributed by atoms with van der Waals surface area (Å²) in [5.41, 5.74) is 1.69. The minimum absolute atomic E-state index is 0.00165. The molecule has 1 amide bonds. The topological polar surface area (TPSA) is 172 Å². The Morgan fingerprint density at radius 1 is 1.03 bits per heavy atom. The molecule has 9 rings (SSSR count). The fraction of sp³-hybridized carbons (Fsp3) is 0.435. The molecule has 2 saturated heterocycles. The molecule has 2 aromatic heterocycles. The van der Waals surface area contributed by atoms with Gasteiger partial charge in [0.15, 0.2) is 4.90 Å². The van der Waals surface area contributed by atoms with E-state index >= 15 is 4.39 Å². The van der Waals surface area contributed by atoms with Gasteiger partial charge in [0.2, 0.25) is 0 Å². The number of H-pyrrole nitrogens is 1. The van der Waals surface area contributed by atoms with Crippen LogP contribution in [0.2, 0.25) is 0 Å². The summed E-state index contributed by atoms with van der Waals surface area (Å²) < 4.78 is 38.6. The molecule has 2 aliphatic heterocycles. The van der Waals surface area contributed by atoms with Crippen LogP contribution in [0.4, 0.5) is 21.5 Å². The van der Waals surface area contributed by atoms with Crippen LogP contribution < -0.4 is 19.7 Å². The van der Waals surface area contributed by atoms with Crippen molar-refractivity contribution in [1.29, 1.82) is 0 Å². The second-order valence-electron chi connectivity index (χ2n) is 17.8. The van der Waals surface area contributed by atoms with Gasteiger partial charge in [0.25, 0.3) is 11.6 Å². The van der Waals surface area contributed by atoms with Gasteiger partial charge in [-0.15, -0.1) is 0 Å². The van der Waals surface area contributed by atoms with Gasteiger partial charge >= 0.3 is 0 Å². The van der Waals surface area contributed by atoms with Crippen molar-refractivity contribution in [2.45, 2.75) is 93.7 Å². The number of fused-ring (bicyclic) bond motifs is 1. The van der Waals surface area contributed by atoms with Crippen LogP contribution in [0.15, 0.2) is 90.1 Å². The zero-order chi connectivity index (χ0) is 42.3. The van der Waals surface area contributed by atoms with Gasteiger partial charge < -0.3 is 29.6 Å². The van der Waals surface area contributed by atoms with Crippen LogP contribution in [0.25, 0.3) is 11.0 Å². The van der Waals surface area contributed by atoms with Gasteiger partial charge in [-0.3, -0.25) is 19.8 Å². The third-order valence-electron chi connectivity index (χ3n) is 13.7. The van der Waals surface area contributed by atoms with E-state index < -0.39 is 33.6 Å². The SMILES string of the molecule is C[C@]1(O)CC[C@H](CNc2ccc([S+]([O-])NC(=O)c3cc(F)c(N4CCC5(CC4)CC(N4CCCC4c4ccccc4)C5)cc3Oc3cnc4[nH]ccc4c3)cc2[N+](=O)[O-])CC1. The van der Waals surface area contributed by atoms with E-state index in [0.29, 0.717) is 61.6 Å². The number of anilines is 2. The molecule has 4 fully saturated rings. The molecule has 2 atom stereocenters. The van der Waals surface area contributed by atoms with Crippen LogP contribution in [0.1, 0.15) is 93.1 Å². The molecule has 4 aliphatic rings. The van der Waals surface area contributed by atoms with Crippen LogP contribution in [0.3, 0.4) is 0 Å². The van der Waals surface area contributed by atoms with Crippen LogP contribution in [0.5, 0.6) is 11.5 Å². The number of benzene rings is 3. The highest BCUT2D eigenvalue weighted by Gasteiger charge is 2.50. The van der Waals surface area contributed by atoms with Gasteiger partial charge in [-0.25, -0.2) is 9.37 Å². The Balaban J connectivity index is 0.899. The van der Waals surface area contributed by atoms with E-state index in [0.717, 1.165) is 56.5 Å². The number of hydrogen-bond acceptors (Lipinski definition) is 10. The Bertz CT molecular complexity index is 2390. The monoisotopic (exact) mass is 849 g/mol. The number of nitro groups is 1. The van der Waals surface area contributed by atoms with E-state index in [1.807, 2.05) is 17.9 Å². The number of rotatable bonds is 12. The molecule has 0 bridgehead atoms. The van der Waals surface area contributed by atoms with Crippen molar-refractivity contribution >= 4 is 45.4 Å². The number of amides is 1. The largest absolute Gasteiger partial charge is 0.588 e. The first-order valence-corrected chi connectivity index (χ1v) is 22.6. The molecule has 4 N–H and O–H groups in total. The fourth-order valence-electron chi connectivity index (χ4n) is 10.1. The maximum absolute atomic E-state index is 16.3. The van der Waals surface area contributed by atoms with Gasteiger partial charge in [0, 0.05) is 49.4 Å². The molecular weight excluding hydrogens is 798 g/mol. The van der Waals surface area contributed by atoms with Gasteiger partial charge in [-0.05, 0) is 125 Å². The second kappa shape index (κ2) is 16.9. The lowest BCUT2D eigenvalue weighted by atomic mass is 9.60. The molecule has 1 spiro atoms. The molecule has 320 valence electrons. The maximum Gasteiger partial charge on any atom is 0.297 e. The summed E-state index contributed by atoms with van der Waals surface area (Å²) in [6, 6.07) is 22.2. The zero-order valence-electron chi connectivity index (χ0n) is 34.3. The molecule has 0 radical (unpaired) electrons. The number of carbonyl (C=O) groups excluding carboxylic acids is 1. The number of nitrogens with zero attached hydrogens (tertiary/aromatic N) is 4. The number of aliphatic hydroxyl groups is 1. The Hall–Kier alpha value is -5.22. The fourth-order valence-corrected chi connectivity index (χ4v) is 10.9. The number of nitrogens with one attached hydrogen (secondary N) is 3. The molecule has 2 saturated carbocycles. The van der Waals surface area contributed by atoms with E-state index in [2.05, 4.69) is 55.2 Å². The zero-order valence-corrected chi connectivity index (χ0v) is 35.1. The number of carbonyl (C=O) groups is 1. The number of likely N-dealkylation sites (tertiary alicyclic amines) is 1. The minimum Gasteiger partial charge on any atom is -0.588 e. The van der Waals surface area contributed by atoms with Crippen LogP contribution in [-0.2, 0) is 11.4 Å². The predicted octanol–water partition coefficient (Wildman–Crippen LogP) is 8.79. The third kappa shape index (κ3) is 8.79. The average Bonchev–Trinajstić information content (AvgIpc) is 3.93. The van der Waals surface area contributed by atoms with Crippen molar-refractivity contribution in [2.75, 3.05) is 36.4 Å². The van der Waals surface area contributed by atoms with Crippen molar-refractivity contribution in [3.05, 3.63) is 112 Å². The van der Waals surface area contributed by atoms with E-state index in [1.54, 1.807) is 12.3 Å². The summed E-state index contributed by atoms with van der Waals surface area (Å²) in [6.07, 6.45) is 12.7. The van der Waals surface area contributed by atoms with E-state index in [1.165, 1.54) is 48.9 Å². The summed E-state index contributed by atoms with van der Waals surface area (Å²) in [6.45, 7) is 4.74. The normalized spacial score (nSPS) is 23.4. The molecule has 2 unspecified atom stereocenters. The van der Waals surface area contributed by atoms with Gasteiger partial charge in [-0.1, -0.05) is 30.3 Å². The highest BCUT2D eigenvalue weighted by molar-refractivity contribution is 7.90. The van der Waals surface area contributed by atoms with E-state index in [-0.39, 0.29) is 38.9 Å². The van der Waals surface area contributed by atoms with E-state index in [9.17, 15) is 24.6 Å². The second-order valence-corrected chi connectivity index (χ2v) is 19.0. The Morgan fingerprint density at radius 3 is 2.56 bits per heavy atom. The molecule has 5 aromatic rings. The molecule has 2 aliphatic carbocycles. The summed E-state index contributed by atoms with van der Waals surface area (Å²) in [5, 5.41) is 26.3. The maximum atomic E-state index is 16.3. The van der Waals surface area contributed by atoms with Crippen molar-refractivity contribution in [3.8, 4) is 11.5 Å². The molecule has 61 heavy (non-hydrogen) atoms. The number of nitro benzene ring substituents is 1. The van der Waals surface area contributed by atoms with Crippen molar-refractivity contribution in [3.63, 3.8) is 0 Å². The number of aromatic nitrogens is 2. The van der Waals surface area contributed by atoms with Crippen LogP contribution >= 0.6 is 0 Å². The van der Waals surface area contributed by atoms with Crippen molar-refractivity contribution < 1.29 is 28.5 Å². The molecule has 4 heterocycles. The van der Waals surface area contributed by atoms with Gasteiger partial charge in [-0.2, -0.15) is 4.72 Å². The highest BCUT2D eigenvalue weighted by Crippen LogP contribution is 2.54. The Morgan fingerprint density at radius 2 is 1.80 bits per heavy atom. The summed E-state index contributed by atoms with van der Waals surface area (Å²) in [5.74, 6) is -0.859.